The van der Waals surface area contributed by atoms with Crippen molar-refractivity contribution in [2.45, 2.75) is 16.6 Å². The van der Waals surface area contributed by atoms with Gasteiger partial charge in [-0.3, -0.25) is 4.79 Å². The number of halogens is 2. The third-order valence-electron chi connectivity index (χ3n) is 4.05. The van der Waals surface area contributed by atoms with Crippen molar-refractivity contribution in [2.24, 2.45) is 0 Å². The highest BCUT2D eigenvalue weighted by Crippen LogP contribution is 2.25. The summed E-state index contributed by atoms with van der Waals surface area (Å²) in [6, 6.07) is 13.1. The van der Waals surface area contributed by atoms with Crippen LogP contribution in [0.15, 0.2) is 53.4 Å². The molecule has 1 heterocycles. The second kappa shape index (κ2) is 6.75. The molecule has 0 bridgehead atoms. The highest BCUT2D eigenvalue weighted by atomic mass is 35.5. The molecule has 0 unspecified atom stereocenters. The molecule has 1 aliphatic rings. The lowest BCUT2D eigenvalue weighted by atomic mass is 10.1. The van der Waals surface area contributed by atoms with Crippen molar-refractivity contribution in [2.75, 3.05) is 13.1 Å². The fourth-order valence-electron chi connectivity index (χ4n) is 2.54. The standard InChI is InChI=1S/C17H15Cl2NO3S/c18-13-3-1-12(2-4-13)9-17(21)20-10-16(11-20)24(22,23)15-7-5-14(19)6-8-15/h1-8,16H,9-11H2. The van der Waals surface area contributed by atoms with Gasteiger partial charge in [0.25, 0.3) is 0 Å². The number of nitrogens with zero attached hydrogens (tertiary/aromatic N) is 1. The Morgan fingerprint density at radius 2 is 1.46 bits per heavy atom. The predicted molar refractivity (Wildman–Crippen MR) is 94.2 cm³/mol. The van der Waals surface area contributed by atoms with E-state index < -0.39 is 15.1 Å². The molecule has 4 nitrogen and oxygen atoms in total. The molecule has 0 radical (unpaired) electrons. The normalized spacial score (nSPS) is 15.2. The van der Waals surface area contributed by atoms with E-state index in [4.69, 9.17) is 23.2 Å². The molecule has 1 amide bonds. The van der Waals surface area contributed by atoms with E-state index in [2.05, 4.69) is 0 Å². The van der Waals surface area contributed by atoms with E-state index in [-0.39, 0.29) is 30.3 Å². The van der Waals surface area contributed by atoms with Crippen LogP contribution in [-0.4, -0.2) is 37.6 Å². The fourth-order valence-corrected chi connectivity index (χ4v) is 4.45. The molecule has 0 aliphatic carbocycles. The first-order valence-corrected chi connectivity index (χ1v) is 9.68. The van der Waals surface area contributed by atoms with Crippen LogP contribution in [0.5, 0.6) is 0 Å². The maximum Gasteiger partial charge on any atom is 0.227 e. The summed E-state index contributed by atoms with van der Waals surface area (Å²) < 4.78 is 25.0. The second-order valence-electron chi connectivity index (χ2n) is 5.72. The van der Waals surface area contributed by atoms with Crippen LogP contribution in [0.25, 0.3) is 0 Å². The molecule has 1 saturated heterocycles. The summed E-state index contributed by atoms with van der Waals surface area (Å²) in [6.45, 7) is 0.439. The van der Waals surface area contributed by atoms with Crippen LogP contribution in [-0.2, 0) is 21.1 Å². The highest BCUT2D eigenvalue weighted by molar-refractivity contribution is 7.92. The molecule has 126 valence electrons. The first-order chi connectivity index (χ1) is 11.4. The number of benzene rings is 2. The third-order valence-corrected chi connectivity index (χ3v) is 6.66. The van der Waals surface area contributed by atoms with E-state index >= 15 is 0 Å². The minimum absolute atomic E-state index is 0.0834. The van der Waals surface area contributed by atoms with Crippen LogP contribution in [0.1, 0.15) is 5.56 Å². The predicted octanol–water partition coefficient (Wildman–Crippen LogP) is 3.22. The average Bonchev–Trinajstić information content (AvgIpc) is 2.48. The molecule has 1 fully saturated rings. The summed E-state index contributed by atoms with van der Waals surface area (Å²) in [5.74, 6) is -0.0834. The van der Waals surface area contributed by atoms with E-state index in [1.54, 1.807) is 41.3 Å². The minimum Gasteiger partial charge on any atom is -0.340 e. The molecule has 2 aromatic rings. The van der Waals surface area contributed by atoms with Crippen molar-refractivity contribution in [3.8, 4) is 0 Å². The molecule has 0 spiro atoms. The molecule has 2 aromatic carbocycles. The summed E-state index contributed by atoms with van der Waals surface area (Å²) in [6.07, 6.45) is 0.241. The number of amides is 1. The largest absolute Gasteiger partial charge is 0.340 e. The van der Waals surface area contributed by atoms with Gasteiger partial charge in [-0.05, 0) is 42.0 Å². The van der Waals surface area contributed by atoms with Gasteiger partial charge in [0.15, 0.2) is 9.84 Å². The van der Waals surface area contributed by atoms with Crippen molar-refractivity contribution in [1.82, 2.24) is 4.90 Å². The Labute approximate surface area is 150 Å². The monoisotopic (exact) mass is 383 g/mol. The number of hydrogen-bond acceptors (Lipinski definition) is 3. The first kappa shape index (κ1) is 17.3. The first-order valence-electron chi connectivity index (χ1n) is 7.38. The van der Waals surface area contributed by atoms with Gasteiger partial charge in [-0.2, -0.15) is 0 Å². The van der Waals surface area contributed by atoms with Gasteiger partial charge in [0, 0.05) is 23.1 Å². The summed E-state index contributed by atoms with van der Waals surface area (Å²) >= 11 is 11.6. The minimum atomic E-state index is -3.43. The Hall–Kier alpha value is -1.56. The maximum atomic E-state index is 12.5. The zero-order valence-electron chi connectivity index (χ0n) is 12.7. The molecule has 0 saturated carbocycles. The number of likely N-dealkylation sites (tertiary alicyclic amines) is 1. The van der Waals surface area contributed by atoms with Crippen LogP contribution < -0.4 is 0 Å². The van der Waals surface area contributed by atoms with E-state index in [9.17, 15) is 13.2 Å². The number of carbonyl (C=O) groups is 1. The van der Waals surface area contributed by atoms with Crippen molar-refractivity contribution < 1.29 is 13.2 Å². The molecule has 0 N–H and O–H groups in total. The lowest BCUT2D eigenvalue weighted by Crippen LogP contribution is -2.57. The lowest BCUT2D eigenvalue weighted by molar-refractivity contribution is -0.133. The van der Waals surface area contributed by atoms with E-state index in [1.165, 1.54) is 12.1 Å². The van der Waals surface area contributed by atoms with Crippen LogP contribution in [0.4, 0.5) is 0 Å². The van der Waals surface area contributed by atoms with Gasteiger partial charge in [0.1, 0.15) is 5.25 Å². The van der Waals surface area contributed by atoms with Crippen LogP contribution in [0.3, 0.4) is 0 Å². The third kappa shape index (κ3) is 3.58. The van der Waals surface area contributed by atoms with Crippen molar-refractivity contribution in [3.63, 3.8) is 0 Å². The van der Waals surface area contributed by atoms with Gasteiger partial charge in [0.05, 0.1) is 11.3 Å². The lowest BCUT2D eigenvalue weighted by Gasteiger charge is -2.38. The summed E-state index contributed by atoms with van der Waals surface area (Å²) in [5, 5.41) is 0.541. The zero-order valence-corrected chi connectivity index (χ0v) is 15.0. The maximum absolute atomic E-state index is 12.5. The average molecular weight is 384 g/mol. The molecule has 0 aromatic heterocycles. The Kier molecular flexibility index (Phi) is 4.85. The quantitative estimate of drug-likeness (QED) is 0.814. The van der Waals surface area contributed by atoms with Gasteiger partial charge in [-0.1, -0.05) is 35.3 Å². The summed E-state index contributed by atoms with van der Waals surface area (Å²) in [5.41, 5.74) is 0.855. The zero-order chi connectivity index (χ0) is 17.3. The Balaban J connectivity index is 1.61. The molecule has 3 rings (SSSR count). The number of carbonyl (C=O) groups excluding carboxylic acids is 1. The van der Waals surface area contributed by atoms with Crippen molar-refractivity contribution >= 4 is 38.9 Å². The summed E-state index contributed by atoms with van der Waals surface area (Å²) in [7, 11) is -3.43. The van der Waals surface area contributed by atoms with Gasteiger partial charge in [-0.25, -0.2) is 8.42 Å². The van der Waals surface area contributed by atoms with Gasteiger partial charge in [-0.15, -0.1) is 0 Å². The van der Waals surface area contributed by atoms with Crippen LogP contribution in [0.2, 0.25) is 10.0 Å². The second-order valence-corrected chi connectivity index (χ2v) is 8.82. The smallest absolute Gasteiger partial charge is 0.227 e. The topological polar surface area (TPSA) is 54.5 Å². The fraction of sp³-hybridized carbons (Fsp3) is 0.235. The van der Waals surface area contributed by atoms with Crippen LogP contribution >= 0.6 is 23.2 Å². The highest BCUT2D eigenvalue weighted by Gasteiger charge is 2.40. The molecule has 24 heavy (non-hydrogen) atoms. The van der Waals surface area contributed by atoms with Crippen molar-refractivity contribution in [3.05, 3.63) is 64.1 Å². The number of sulfone groups is 1. The molecular formula is C17H15Cl2NO3S. The Bertz CT molecular complexity index is 842. The Morgan fingerprint density at radius 1 is 0.958 bits per heavy atom. The van der Waals surface area contributed by atoms with E-state index in [1.807, 2.05) is 0 Å². The summed E-state index contributed by atoms with van der Waals surface area (Å²) in [4.78, 5) is 14.0. The van der Waals surface area contributed by atoms with Gasteiger partial charge in [0.2, 0.25) is 5.91 Å². The molecule has 1 aliphatic heterocycles. The van der Waals surface area contributed by atoms with Gasteiger partial charge < -0.3 is 4.90 Å². The van der Waals surface area contributed by atoms with E-state index in [0.717, 1.165) is 5.56 Å². The Morgan fingerprint density at radius 3 is 2.00 bits per heavy atom. The molecule has 0 atom stereocenters. The molecule has 7 heteroatoms. The number of rotatable bonds is 4. The van der Waals surface area contributed by atoms with Crippen molar-refractivity contribution in [1.29, 1.82) is 0 Å². The molecular weight excluding hydrogens is 369 g/mol. The SMILES string of the molecule is O=C(Cc1ccc(Cl)cc1)N1CC(S(=O)(=O)c2ccc(Cl)cc2)C1. The van der Waals surface area contributed by atoms with Gasteiger partial charge >= 0.3 is 0 Å². The van der Waals surface area contributed by atoms with Crippen LogP contribution in [0, 0.1) is 0 Å². The van der Waals surface area contributed by atoms with E-state index in [0.29, 0.717) is 10.0 Å². The number of hydrogen-bond donors (Lipinski definition) is 0.